The first-order valence-electron chi connectivity index (χ1n) is 6.67. The summed E-state index contributed by atoms with van der Waals surface area (Å²) >= 11 is 0. The van der Waals surface area contributed by atoms with Gasteiger partial charge in [-0.25, -0.2) is 0 Å². The van der Waals surface area contributed by atoms with Crippen LogP contribution >= 0.6 is 0 Å². The number of aliphatic hydroxyl groups is 1. The number of benzene rings is 1. The molecule has 1 unspecified atom stereocenters. The summed E-state index contributed by atoms with van der Waals surface area (Å²) in [4.78, 5) is 0. The smallest absolute Gasteiger partial charge is 0.138 e. The molecule has 0 aliphatic heterocycles. The van der Waals surface area contributed by atoms with Crippen molar-refractivity contribution in [3.63, 3.8) is 0 Å². The van der Waals surface area contributed by atoms with Gasteiger partial charge in [0.1, 0.15) is 17.9 Å². The molecule has 1 atom stereocenters. The second kappa shape index (κ2) is 6.05. The van der Waals surface area contributed by atoms with Gasteiger partial charge in [0, 0.05) is 12.6 Å². The van der Waals surface area contributed by atoms with Gasteiger partial charge in [-0.1, -0.05) is 18.2 Å². The van der Waals surface area contributed by atoms with Gasteiger partial charge in [-0.3, -0.25) is 5.32 Å². The third-order valence-corrected chi connectivity index (χ3v) is 3.22. The minimum atomic E-state index is -0.659. The van der Waals surface area contributed by atoms with Crippen molar-refractivity contribution in [3.8, 4) is 11.8 Å². The Morgan fingerprint density at radius 3 is 2.84 bits per heavy atom. The van der Waals surface area contributed by atoms with Crippen LogP contribution in [0.15, 0.2) is 24.3 Å². The molecule has 1 aromatic rings. The van der Waals surface area contributed by atoms with Gasteiger partial charge in [0.05, 0.1) is 6.07 Å². The van der Waals surface area contributed by atoms with Gasteiger partial charge >= 0.3 is 0 Å². The molecular formula is C15H20N2O2. The predicted molar refractivity (Wildman–Crippen MR) is 72.9 cm³/mol. The van der Waals surface area contributed by atoms with Crippen LogP contribution in [0.5, 0.6) is 5.75 Å². The Balaban J connectivity index is 1.98. The molecule has 0 spiro atoms. The molecular weight excluding hydrogens is 240 g/mol. The lowest BCUT2D eigenvalue weighted by Crippen LogP contribution is -2.47. The number of aliphatic hydroxyl groups excluding tert-OH is 1. The van der Waals surface area contributed by atoms with Gasteiger partial charge in [-0.15, -0.1) is 0 Å². The summed E-state index contributed by atoms with van der Waals surface area (Å²) in [5.41, 5.74) is 0.310. The number of para-hydroxylation sites is 1. The van der Waals surface area contributed by atoms with Crippen LogP contribution in [0.25, 0.3) is 0 Å². The summed E-state index contributed by atoms with van der Waals surface area (Å²) < 4.78 is 5.78. The third-order valence-electron chi connectivity index (χ3n) is 3.22. The molecule has 0 radical (unpaired) electrons. The van der Waals surface area contributed by atoms with Crippen molar-refractivity contribution < 1.29 is 9.84 Å². The van der Waals surface area contributed by atoms with Crippen LogP contribution in [0.4, 0.5) is 0 Å². The Morgan fingerprint density at radius 2 is 2.21 bits per heavy atom. The van der Waals surface area contributed by atoms with Crippen LogP contribution in [0, 0.1) is 11.3 Å². The molecule has 1 aliphatic rings. The fourth-order valence-electron chi connectivity index (χ4n) is 1.98. The molecule has 4 nitrogen and oxygen atoms in total. The standard InChI is InChI=1S/C15H20N2O2/c1-15(10-16,17-13-6-7-13)11-19-14-5-3-2-4-12(14)8-9-18/h2-5,13,17-18H,6-9,11H2,1H3. The highest BCUT2D eigenvalue weighted by Gasteiger charge is 2.33. The van der Waals surface area contributed by atoms with Crippen molar-refractivity contribution in [1.82, 2.24) is 5.32 Å². The maximum atomic E-state index is 9.28. The van der Waals surface area contributed by atoms with Crippen molar-refractivity contribution in [2.24, 2.45) is 0 Å². The summed E-state index contributed by atoms with van der Waals surface area (Å²) in [6.07, 6.45) is 2.84. The van der Waals surface area contributed by atoms with Gasteiger partial charge in [0.2, 0.25) is 0 Å². The lowest BCUT2D eigenvalue weighted by molar-refractivity contribution is 0.228. The lowest BCUT2D eigenvalue weighted by atomic mass is 10.1. The first-order valence-corrected chi connectivity index (χ1v) is 6.67. The molecule has 19 heavy (non-hydrogen) atoms. The van der Waals surface area contributed by atoms with Crippen molar-refractivity contribution in [2.45, 2.75) is 37.8 Å². The molecule has 2 rings (SSSR count). The molecule has 1 aromatic carbocycles. The Bertz CT molecular complexity index is 465. The lowest BCUT2D eigenvalue weighted by Gasteiger charge is -2.24. The maximum Gasteiger partial charge on any atom is 0.138 e. The highest BCUT2D eigenvalue weighted by atomic mass is 16.5. The number of hydrogen-bond acceptors (Lipinski definition) is 4. The Kier molecular flexibility index (Phi) is 4.41. The van der Waals surface area contributed by atoms with E-state index in [2.05, 4.69) is 11.4 Å². The third kappa shape index (κ3) is 3.95. The summed E-state index contributed by atoms with van der Waals surface area (Å²) in [7, 11) is 0. The van der Waals surface area contributed by atoms with Crippen molar-refractivity contribution in [2.75, 3.05) is 13.2 Å². The largest absolute Gasteiger partial charge is 0.490 e. The average molecular weight is 260 g/mol. The number of hydrogen-bond donors (Lipinski definition) is 2. The molecule has 0 heterocycles. The SMILES string of the molecule is CC(C#N)(COc1ccccc1CCO)NC1CC1. The molecule has 0 saturated heterocycles. The molecule has 4 heteroatoms. The Morgan fingerprint density at radius 1 is 1.47 bits per heavy atom. The molecule has 1 fully saturated rings. The van der Waals surface area contributed by atoms with Gasteiger partial charge < -0.3 is 9.84 Å². The predicted octanol–water partition coefficient (Wildman–Crippen LogP) is 1.63. The van der Waals surface area contributed by atoms with E-state index in [1.165, 1.54) is 0 Å². The van der Waals surface area contributed by atoms with Crippen LogP contribution < -0.4 is 10.1 Å². The summed E-state index contributed by atoms with van der Waals surface area (Å²) in [5, 5.41) is 21.6. The molecule has 1 saturated carbocycles. The Labute approximate surface area is 114 Å². The van der Waals surface area contributed by atoms with Gasteiger partial charge in [0.25, 0.3) is 0 Å². The number of rotatable bonds is 7. The highest BCUT2D eigenvalue weighted by Crippen LogP contribution is 2.24. The molecule has 2 N–H and O–H groups in total. The zero-order chi connectivity index (χ0) is 13.7. The second-order valence-corrected chi connectivity index (χ2v) is 5.23. The average Bonchev–Trinajstić information content (AvgIpc) is 3.22. The summed E-state index contributed by atoms with van der Waals surface area (Å²) in [5.74, 6) is 0.746. The van der Waals surface area contributed by atoms with Crippen molar-refractivity contribution in [1.29, 1.82) is 5.26 Å². The van der Waals surface area contributed by atoms with E-state index in [0.29, 0.717) is 19.1 Å². The van der Waals surface area contributed by atoms with E-state index < -0.39 is 5.54 Å². The van der Waals surface area contributed by atoms with E-state index in [0.717, 1.165) is 24.2 Å². The van der Waals surface area contributed by atoms with Gasteiger partial charge in [-0.05, 0) is 37.8 Å². The van der Waals surface area contributed by atoms with Crippen LogP contribution in [0.3, 0.4) is 0 Å². The van der Waals surface area contributed by atoms with E-state index >= 15 is 0 Å². The Hall–Kier alpha value is -1.57. The fraction of sp³-hybridized carbons (Fsp3) is 0.533. The minimum absolute atomic E-state index is 0.0935. The zero-order valence-electron chi connectivity index (χ0n) is 11.2. The first kappa shape index (κ1) is 13.9. The number of nitrogens with zero attached hydrogens (tertiary/aromatic N) is 1. The minimum Gasteiger partial charge on any atom is -0.490 e. The van der Waals surface area contributed by atoms with E-state index in [9.17, 15) is 5.26 Å². The molecule has 102 valence electrons. The first-order chi connectivity index (χ1) is 9.17. The van der Waals surface area contributed by atoms with E-state index in [4.69, 9.17) is 9.84 Å². The maximum absolute atomic E-state index is 9.28. The molecule has 0 aromatic heterocycles. The number of ether oxygens (including phenoxy) is 1. The monoisotopic (exact) mass is 260 g/mol. The highest BCUT2D eigenvalue weighted by molar-refractivity contribution is 5.33. The number of nitriles is 1. The zero-order valence-corrected chi connectivity index (χ0v) is 11.2. The van der Waals surface area contributed by atoms with Crippen LogP contribution in [-0.2, 0) is 6.42 Å². The van der Waals surface area contributed by atoms with Crippen molar-refractivity contribution >= 4 is 0 Å². The quantitative estimate of drug-likeness (QED) is 0.782. The van der Waals surface area contributed by atoms with E-state index in [-0.39, 0.29) is 6.61 Å². The van der Waals surface area contributed by atoms with Crippen LogP contribution in [0.2, 0.25) is 0 Å². The fourth-order valence-corrected chi connectivity index (χ4v) is 1.98. The summed E-state index contributed by atoms with van der Waals surface area (Å²) in [6.45, 7) is 2.26. The topological polar surface area (TPSA) is 65.3 Å². The van der Waals surface area contributed by atoms with E-state index in [1.807, 2.05) is 31.2 Å². The molecule has 0 bridgehead atoms. The second-order valence-electron chi connectivity index (χ2n) is 5.23. The van der Waals surface area contributed by atoms with Gasteiger partial charge in [-0.2, -0.15) is 5.26 Å². The van der Waals surface area contributed by atoms with E-state index in [1.54, 1.807) is 0 Å². The summed E-state index contributed by atoms with van der Waals surface area (Å²) in [6, 6.07) is 10.4. The normalized spacial score (nSPS) is 17.5. The van der Waals surface area contributed by atoms with Crippen molar-refractivity contribution in [3.05, 3.63) is 29.8 Å². The van der Waals surface area contributed by atoms with Crippen LogP contribution in [-0.4, -0.2) is 29.9 Å². The molecule has 1 aliphatic carbocycles. The number of nitrogens with one attached hydrogen (secondary N) is 1. The molecule has 0 amide bonds. The van der Waals surface area contributed by atoms with Crippen LogP contribution in [0.1, 0.15) is 25.3 Å². The van der Waals surface area contributed by atoms with Gasteiger partial charge in [0.15, 0.2) is 0 Å².